The monoisotopic (exact) mass is 319 g/mol. The molecule has 0 amide bonds. The minimum atomic E-state index is -2.90. The molecule has 0 saturated heterocycles. The third-order valence-electron chi connectivity index (χ3n) is 3.17. The molecular formula is C15H33N3O2S. The predicted octanol–water partition coefficient (Wildman–Crippen LogP) is 2.19. The number of hydrogen-bond acceptors (Lipinski definition) is 3. The Hall–Kier alpha value is -0.780. The molecule has 0 spiro atoms. The molecule has 0 rings (SSSR count). The average Bonchev–Trinajstić information content (AvgIpc) is 2.32. The molecule has 21 heavy (non-hydrogen) atoms. The molecule has 6 heteroatoms. The van der Waals surface area contributed by atoms with Gasteiger partial charge in [-0.25, -0.2) is 8.42 Å². The minimum Gasteiger partial charge on any atom is -0.356 e. The van der Waals surface area contributed by atoms with Crippen LogP contribution in [0.1, 0.15) is 53.4 Å². The Morgan fingerprint density at radius 3 is 2.33 bits per heavy atom. The first-order chi connectivity index (χ1) is 9.53. The summed E-state index contributed by atoms with van der Waals surface area (Å²) >= 11 is 0. The molecule has 0 aliphatic rings. The van der Waals surface area contributed by atoms with Crippen LogP contribution >= 0.6 is 0 Å². The van der Waals surface area contributed by atoms with Crippen LogP contribution in [0.3, 0.4) is 0 Å². The van der Waals surface area contributed by atoms with E-state index in [1.807, 2.05) is 6.92 Å². The summed E-state index contributed by atoms with van der Waals surface area (Å²) in [5.74, 6) is 0.941. The smallest absolute Gasteiger partial charge is 0.191 e. The normalized spacial score (nSPS) is 14.9. The Balaban J connectivity index is 3.91. The van der Waals surface area contributed by atoms with E-state index in [1.165, 1.54) is 19.1 Å². The lowest BCUT2D eigenvalue weighted by Gasteiger charge is -2.19. The van der Waals surface area contributed by atoms with Crippen molar-refractivity contribution in [2.45, 2.75) is 59.4 Å². The van der Waals surface area contributed by atoms with E-state index in [-0.39, 0.29) is 11.8 Å². The van der Waals surface area contributed by atoms with Crippen LogP contribution in [0, 0.1) is 5.41 Å². The Labute approximate surface area is 130 Å². The van der Waals surface area contributed by atoms with Crippen molar-refractivity contribution in [3.63, 3.8) is 0 Å². The molecule has 0 saturated carbocycles. The first-order valence-electron chi connectivity index (χ1n) is 7.68. The van der Waals surface area contributed by atoms with Crippen molar-refractivity contribution < 1.29 is 8.42 Å². The zero-order valence-corrected chi connectivity index (χ0v) is 15.3. The van der Waals surface area contributed by atoms with Gasteiger partial charge in [-0.15, -0.1) is 0 Å². The lowest BCUT2D eigenvalue weighted by Crippen LogP contribution is -2.43. The molecule has 0 bridgehead atoms. The van der Waals surface area contributed by atoms with Gasteiger partial charge in [0.05, 0.1) is 5.75 Å². The molecule has 5 nitrogen and oxygen atoms in total. The van der Waals surface area contributed by atoms with Gasteiger partial charge in [-0.1, -0.05) is 27.2 Å². The van der Waals surface area contributed by atoms with Crippen molar-refractivity contribution in [1.29, 1.82) is 0 Å². The molecule has 2 N–H and O–H groups in total. The molecular weight excluding hydrogens is 286 g/mol. The van der Waals surface area contributed by atoms with Gasteiger partial charge in [-0.05, 0) is 31.6 Å². The van der Waals surface area contributed by atoms with E-state index in [0.29, 0.717) is 11.8 Å². The van der Waals surface area contributed by atoms with E-state index in [0.717, 1.165) is 18.9 Å². The maximum absolute atomic E-state index is 11.1. The standard InChI is InChI=1S/C15H33N3O2S/c1-13(9-12-21(6,19)20)18-14(16-5)17-11-8-7-10-15(2,3)4/h13H,7-12H2,1-6H3,(H2,16,17,18). The fraction of sp³-hybridized carbons (Fsp3) is 0.933. The van der Waals surface area contributed by atoms with Gasteiger partial charge in [0.2, 0.25) is 0 Å². The highest BCUT2D eigenvalue weighted by atomic mass is 32.2. The SMILES string of the molecule is CN=C(NCCCCC(C)(C)C)NC(C)CCS(C)(=O)=O. The van der Waals surface area contributed by atoms with E-state index < -0.39 is 9.84 Å². The fourth-order valence-corrected chi connectivity index (χ4v) is 2.66. The molecule has 126 valence electrons. The van der Waals surface area contributed by atoms with Crippen LogP contribution in [-0.2, 0) is 9.84 Å². The van der Waals surface area contributed by atoms with Gasteiger partial charge in [0.15, 0.2) is 5.96 Å². The number of guanidine groups is 1. The average molecular weight is 320 g/mol. The lowest BCUT2D eigenvalue weighted by atomic mass is 9.90. The second-order valence-corrected chi connectivity index (χ2v) is 9.24. The summed E-state index contributed by atoms with van der Waals surface area (Å²) in [6.45, 7) is 9.62. The van der Waals surface area contributed by atoms with Crippen LogP contribution in [0.15, 0.2) is 4.99 Å². The van der Waals surface area contributed by atoms with Crippen molar-refractivity contribution in [2.75, 3.05) is 25.6 Å². The maximum Gasteiger partial charge on any atom is 0.191 e. The first-order valence-corrected chi connectivity index (χ1v) is 9.74. The molecule has 0 aromatic carbocycles. The topological polar surface area (TPSA) is 70.6 Å². The number of aliphatic imine (C=N–C) groups is 1. The number of nitrogens with zero attached hydrogens (tertiary/aromatic N) is 1. The molecule has 0 radical (unpaired) electrons. The van der Waals surface area contributed by atoms with Crippen LogP contribution in [0.25, 0.3) is 0 Å². The van der Waals surface area contributed by atoms with Crippen molar-refractivity contribution in [1.82, 2.24) is 10.6 Å². The van der Waals surface area contributed by atoms with Gasteiger partial charge in [-0.3, -0.25) is 4.99 Å². The highest BCUT2D eigenvalue weighted by Gasteiger charge is 2.10. The van der Waals surface area contributed by atoms with Gasteiger partial charge in [-0.2, -0.15) is 0 Å². The summed E-state index contributed by atoms with van der Waals surface area (Å²) in [4.78, 5) is 4.16. The first kappa shape index (κ1) is 20.2. The van der Waals surface area contributed by atoms with Crippen LogP contribution in [0.2, 0.25) is 0 Å². The van der Waals surface area contributed by atoms with Crippen LogP contribution in [-0.4, -0.2) is 46.0 Å². The van der Waals surface area contributed by atoms with Crippen LogP contribution < -0.4 is 10.6 Å². The largest absolute Gasteiger partial charge is 0.356 e. The summed E-state index contributed by atoms with van der Waals surface area (Å²) < 4.78 is 22.3. The second-order valence-electron chi connectivity index (χ2n) is 6.98. The number of sulfone groups is 1. The lowest BCUT2D eigenvalue weighted by molar-refractivity contribution is 0.360. The quantitative estimate of drug-likeness (QED) is 0.409. The van der Waals surface area contributed by atoms with Crippen molar-refractivity contribution in [2.24, 2.45) is 10.4 Å². The van der Waals surface area contributed by atoms with E-state index >= 15 is 0 Å². The minimum absolute atomic E-state index is 0.0838. The fourth-order valence-electron chi connectivity index (χ4n) is 1.88. The molecule has 0 heterocycles. The maximum atomic E-state index is 11.1. The molecule has 1 atom stereocenters. The predicted molar refractivity (Wildman–Crippen MR) is 91.6 cm³/mol. The Bertz CT molecular complexity index is 411. The summed E-state index contributed by atoms with van der Waals surface area (Å²) in [6.07, 6.45) is 5.36. The number of nitrogens with one attached hydrogen (secondary N) is 2. The Morgan fingerprint density at radius 2 is 1.86 bits per heavy atom. The summed E-state index contributed by atoms with van der Waals surface area (Å²) in [7, 11) is -1.17. The van der Waals surface area contributed by atoms with Crippen LogP contribution in [0.5, 0.6) is 0 Å². The molecule has 1 unspecified atom stereocenters. The van der Waals surface area contributed by atoms with Crippen molar-refractivity contribution in [3.8, 4) is 0 Å². The highest BCUT2D eigenvalue weighted by molar-refractivity contribution is 7.90. The van der Waals surface area contributed by atoms with E-state index in [1.54, 1.807) is 7.05 Å². The third-order valence-corrected chi connectivity index (χ3v) is 4.15. The van der Waals surface area contributed by atoms with Crippen molar-refractivity contribution in [3.05, 3.63) is 0 Å². The van der Waals surface area contributed by atoms with Gasteiger partial charge < -0.3 is 10.6 Å². The van der Waals surface area contributed by atoms with E-state index in [2.05, 4.69) is 36.4 Å². The zero-order chi connectivity index (χ0) is 16.5. The summed E-state index contributed by atoms with van der Waals surface area (Å²) in [5, 5.41) is 6.49. The summed E-state index contributed by atoms with van der Waals surface area (Å²) in [6, 6.07) is 0.0838. The number of rotatable bonds is 8. The van der Waals surface area contributed by atoms with Gasteiger partial charge in [0, 0.05) is 25.9 Å². The van der Waals surface area contributed by atoms with Gasteiger partial charge >= 0.3 is 0 Å². The van der Waals surface area contributed by atoms with Crippen molar-refractivity contribution >= 4 is 15.8 Å². The Kier molecular flexibility index (Phi) is 8.94. The summed E-state index contributed by atoms with van der Waals surface area (Å²) in [5.41, 5.74) is 0.389. The number of hydrogen-bond donors (Lipinski definition) is 2. The van der Waals surface area contributed by atoms with E-state index in [9.17, 15) is 8.42 Å². The second kappa shape index (κ2) is 9.28. The van der Waals surface area contributed by atoms with Gasteiger partial charge in [0.1, 0.15) is 9.84 Å². The third kappa shape index (κ3) is 13.9. The highest BCUT2D eigenvalue weighted by Crippen LogP contribution is 2.21. The van der Waals surface area contributed by atoms with Gasteiger partial charge in [0.25, 0.3) is 0 Å². The zero-order valence-electron chi connectivity index (χ0n) is 14.5. The molecule has 0 fully saturated rings. The molecule has 0 aromatic rings. The van der Waals surface area contributed by atoms with E-state index in [4.69, 9.17) is 0 Å². The Morgan fingerprint density at radius 1 is 1.24 bits per heavy atom. The molecule has 0 aromatic heterocycles. The molecule has 0 aliphatic carbocycles. The van der Waals surface area contributed by atoms with Crippen LogP contribution in [0.4, 0.5) is 0 Å². The molecule has 0 aliphatic heterocycles. The number of unbranched alkanes of at least 4 members (excludes halogenated alkanes) is 1.